The van der Waals surface area contributed by atoms with Crippen LogP contribution >= 0.6 is 15.9 Å². The number of carbonyl (C=O) groups is 1. The monoisotopic (exact) mass is 512 g/mol. The Kier molecular flexibility index (Phi) is 7.08. The molecule has 1 saturated carbocycles. The second-order valence-electron chi connectivity index (χ2n) is 7.99. The Hall–Kier alpha value is -3.20. The molecule has 0 bridgehead atoms. The van der Waals surface area contributed by atoms with Crippen LogP contribution in [0.3, 0.4) is 0 Å². The Morgan fingerprint density at radius 3 is 2.73 bits per heavy atom. The number of aromatic nitrogens is 2. The minimum Gasteiger partial charge on any atom is -0.493 e. The largest absolute Gasteiger partial charge is 0.493 e. The highest BCUT2D eigenvalue weighted by atomic mass is 79.9. The van der Waals surface area contributed by atoms with Gasteiger partial charge in [-0.05, 0) is 54.8 Å². The summed E-state index contributed by atoms with van der Waals surface area (Å²) in [5.41, 5.74) is 6.32. The zero-order chi connectivity index (χ0) is 23.4. The minimum absolute atomic E-state index is 0.191. The smallest absolute Gasteiger partial charge is 0.282 e. The standard InChI is InChI=1S/C24H25BrN4O4/c1-32-21-11-15(7-10-20(21)33-14-22(26)30)13-27-29-23(16-5-3-2-4-6-16)28-19-9-8-17(25)12-18(19)24(29)31/h7-13,16H,2-6,14H2,1H3,(H2,26,30). The van der Waals surface area contributed by atoms with Gasteiger partial charge in [0.1, 0.15) is 5.82 Å². The first-order valence-corrected chi connectivity index (χ1v) is 11.6. The van der Waals surface area contributed by atoms with Gasteiger partial charge in [-0.15, -0.1) is 0 Å². The zero-order valence-corrected chi connectivity index (χ0v) is 19.9. The number of amides is 1. The van der Waals surface area contributed by atoms with Crippen molar-refractivity contribution in [2.24, 2.45) is 10.8 Å². The number of nitrogens with zero attached hydrogens (tertiary/aromatic N) is 3. The molecule has 0 unspecified atom stereocenters. The van der Waals surface area contributed by atoms with Gasteiger partial charge in [0.15, 0.2) is 18.1 Å². The Balaban J connectivity index is 1.74. The van der Waals surface area contributed by atoms with Crippen LogP contribution in [0.5, 0.6) is 11.5 Å². The third-order valence-electron chi connectivity index (χ3n) is 5.68. The summed E-state index contributed by atoms with van der Waals surface area (Å²) in [5.74, 6) is 1.13. The minimum atomic E-state index is -0.576. The quantitative estimate of drug-likeness (QED) is 0.481. The summed E-state index contributed by atoms with van der Waals surface area (Å²) in [7, 11) is 1.50. The van der Waals surface area contributed by atoms with Crippen LogP contribution < -0.4 is 20.8 Å². The molecule has 3 aromatic rings. The molecule has 8 nitrogen and oxygen atoms in total. The van der Waals surface area contributed by atoms with Crippen LogP contribution in [-0.4, -0.2) is 35.5 Å². The Bertz CT molecular complexity index is 1270. The van der Waals surface area contributed by atoms with Crippen molar-refractivity contribution in [2.75, 3.05) is 13.7 Å². The van der Waals surface area contributed by atoms with E-state index in [0.717, 1.165) is 30.2 Å². The molecule has 1 aliphatic carbocycles. The van der Waals surface area contributed by atoms with Crippen molar-refractivity contribution in [2.45, 2.75) is 38.0 Å². The molecule has 1 aromatic heterocycles. The van der Waals surface area contributed by atoms with Crippen molar-refractivity contribution in [1.82, 2.24) is 9.66 Å². The normalized spacial score (nSPS) is 14.6. The first kappa shape index (κ1) is 23.0. The van der Waals surface area contributed by atoms with Crippen LogP contribution in [0.15, 0.2) is 50.8 Å². The maximum Gasteiger partial charge on any atom is 0.282 e. The number of methoxy groups -OCH3 is 1. The molecule has 0 aliphatic heterocycles. The van der Waals surface area contributed by atoms with Crippen LogP contribution in [-0.2, 0) is 4.79 Å². The van der Waals surface area contributed by atoms with Crippen molar-refractivity contribution in [3.05, 3.63) is 62.6 Å². The summed E-state index contributed by atoms with van der Waals surface area (Å²) in [6, 6.07) is 10.7. The number of halogens is 1. The Morgan fingerprint density at radius 1 is 1.21 bits per heavy atom. The van der Waals surface area contributed by atoms with Crippen molar-refractivity contribution in [3.63, 3.8) is 0 Å². The van der Waals surface area contributed by atoms with Crippen molar-refractivity contribution < 1.29 is 14.3 Å². The van der Waals surface area contributed by atoms with Crippen molar-refractivity contribution in [3.8, 4) is 11.5 Å². The van der Waals surface area contributed by atoms with Gasteiger partial charge in [-0.2, -0.15) is 9.78 Å². The van der Waals surface area contributed by atoms with Gasteiger partial charge in [0.05, 0.1) is 24.2 Å². The molecular weight excluding hydrogens is 488 g/mol. The van der Waals surface area contributed by atoms with Crippen LogP contribution in [0.25, 0.3) is 10.9 Å². The third kappa shape index (κ3) is 5.24. The molecule has 172 valence electrons. The molecule has 0 saturated heterocycles. The number of primary amides is 1. The highest BCUT2D eigenvalue weighted by molar-refractivity contribution is 9.10. The average molecular weight is 513 g/mol. The number of hydrogen-bond acceptors (Lipinski definition) is 6. The summed E-state index contributed by atoms with van der Waals surface area (Å²) in [6.07, 6.45) is 7.01. The maximum atomic E-state index is 13.4. The van der Waals surface area contributed by atoms with E-state index < -0.39 is 5.91 Å². The van der Waals surface area contributed by atoms with E-state index >= 15 is 0 Å². The fraction of sp³-hybridized carbons (Fsp3) is 0.333. The molecule has 1 fully saturated rings. The third-order valence-corrected chi connectivity index (χ3v) is 6.18. The van der Waals surface area contributed by atoms with Gasteiger partial charge < -0.3 is 15.2 Å². The lowest BCUT2D eigenvalue weighted by Gasteiger charge is -2.22. The van der Waals surface area contributed by atoms with E-state index in [0.29, 0.717) is 33.8 Å². The van der Waals surface area contributed by atoms with Gasteiger partial charge in [0, 0.05) is 10.4 Å². The van der Waals surface area contributed by atoms with Gasteiger partial charge in [-0.1, -0.05) is 35.2 Å². The van der Waals surface area contributed by atoms with E-state index in [1.165, 1.54) is 18.2 Å². The molecule has 9 heteroatoms. The molecule has 2 N–H and O–H groups in total. The summed E-state index contributed by atoms with van der Waals surface area (Å²) in [4.78, 5) is 29.2. The molecular formula is C24H25BrN4O4. The van der Waals surface area contributed by atoms with E-state index in [9.17, 15) is 9.59 Å². The number of fused-ring (bicyclic) bond motifs is 1. The van der Waals surface area contributed by atoms with E-state index in [1.54, 1.807) is 30.5 Å². The van der Waals surface area contributed by atoms with Crippen LogP contribution in [0.1, 0.15) is 49.4 Å². The predicted molar refractivity (Wildman–Crippen MR) is 130 cm³/mol. The molecule has 4 rings (SSSR count). The van der Waals surface area contributed by atoms with Crippen molar-refractivity contribution >= 4 is 39.0 Å². The summed E-state index contributed by atoms with van der Waals surface area (Å²) in [5, 5.41) is 5.05. The maximum absolute atomic E-state index is 13.4. The number of hydrogen-bond donors (Lipinski definition) is 1. The molecule has 1 amide bonds. The molecule has 33 heavy (non-hydrogen) atoms. The van der Waals surface area contributed by atoms with Crippen LogP contribution in [0, 0.1) is 0 Å². The van der Waals surface area contributed by atoms with E-state index in [1.807, 2.05) is 12.1 Å². The van der Waals surface area contributed by atoms with Gasteiger partial charge in [-0.3, -0.25) is 9.59 Å². The van der Waals surface area contributed by atoms with E-state index in [-0.39, 0.29) is 18.1 Å². The zero-order valence-electron chi connectivity index (χ0n) is 18.3. The van der Waals surface area contributed by atoms with Crippen LogP contribution in [0.4, 0.5) is 0 Å². The molecule has 0 radical (unpaired) electrons. The lowest BCUT2D eigenvalue weighted by molar-refractivity contribution is -0.119. The fourth-order valence-electron chi connectivity index (χ4n) is 4.06. The highest BCUT2D eigenvalue weighted by Crippen LogP contribution is 2.32. The number of rotatable bonds is 7. The van der Waals surface area contributed by atoms with Crippen molar-refractivity contribution in [1.29, 1.82) is 0 Å². The summed E-state index contributed by atoms with van der Waals surface area (Å²) >= 11 is 3.44. The first-order chi connectivity index (χ1) is 16.0. The Morgan fingerprint density at radius 2 is 2.00 bits per heavy atom. The fourth-order valence-corrected chi connectivity index (χ4v) is 4.42. The first-order valence-electron chi connectivity index (χ1n) is 10.8. The molecule has 0 spiro atoms. The van der Waals surface area contributed by atoms with Gasteiger partial charge >= 0.3 is 0 Å². The lowest BCUT2D eigenvalue weighted by Crippen LogP contribution is -2.25. The highest BCUT2D eigenvalue weighted by Gasteiger charge is 2.22. The molecule has 0 atom stereocenters. The molecule has 1 heterocycles. The van der Waals surface area contributed by atoms with Gasteiger partial charge in [0.2, 0.25) is 0 Å². The lowest BCUT2D eigenvalue weighted by atomic mass is 9.88. The van der Waals surface area contributed by atoms with E-state index in [2.05, 4.69) is 21.0 Å². The molecule has 2 aromatic carbocycles. The van der Waals surface area contributed by atoms with Gasteiger partial charge in [0.25, 0.3) is 11.5 Å². The topological polar surface area (TPSA) is 109 Å². The summed E-state index contributed by atoms with van der Waals surface area (Å²) in [6.45, 7) is -0.248. The number of carbonyl (C=O) groups excluding carboxylic acids is 1. The molecule has 1 aliphatic rings. The second kappa shape index (κ2) is 10.2. The Labute approximate surface area is 199 Å². The van der Waals surface area contributed by atoms with Crippen LogP contribution in [0.2, 0.25) is 0 Å². The number of benzene rings is 2. The number of nitrogens with two attached hydrogens (primary N) is 1. The summed E-state index contributed by atoms with van der Waals surface area (Å²) < 4.78 is 13.0. The SMILES string of the molecule is COc1cc(C=Nn2c(C3CCCCC3)nc3ccc(Br)cc3c2=O)ccc1OCC(N)=O. The second-order valence-corrected chi connectivity index (χ2v) is 8.91. The number of ether oxygens (including phenoxy) is 2. The average Bonchev–Trinajstić information content (AvgIpc) is 2.83. The predicted octanol–water partition coefficient (Wildman–Crippen LogP) is 3.96. The van der Waals surface area contributed by atoms with Gasteiger partial charge in [-0.25, -0.2) is 4.98 Å². The van der Waals surface area contributed by atoms with E-state index in [4.69, 9.17) is 20.2 Å².